The zero-order valence-electron chi connectivity index (χ0n) is 8.53. The van der Waals surface area contributed by atoms with Crippen LogP contribution in [0, 0.1) is 3.57 Å². The fraction of sp³-hybridized carbons (Fsp3) is 0.200. The summed E-state index contributed by atoms with van der Waals surface area (Å²) in [6, 6.07) is 5.78. The summed E-state index contributed by atoms with van der Waals surface area (Å²) in [5.74, 6) is -1.07. The molecule has 0 saturated carbocycles. The third-order valence-electron chi connectivity index (χ3n) is 1.84. The largest absolute Gasteiger partial charge is 0.480 e. The van der Waals surface area contributed by atoms with Crippen LogP contribution in [-0.2, 0) is 4.79 Å². The molecular formula is C10H11IN2O3. The van der Waals surface area contributed by atoms with E-state index in [1.54, 1.807) is 12.1 Å². The van der Waals surface area contributed by atoms with Gasteiger partial charge >= 0.3 is 12.0 Å². The highest BCUT2D eigenvalue weighted by Gasteiger charge is 2.14. The minimum absolute atomic E-state index is 0.529. The van der Waals surface area contributed by atoms with Crippen molar-refractivity contribution in [3.8, 4) is 0 Å². The van der Waals surface area contributed by atoms with Gasteiger partial charge in [-0.25, -0.2) is 4.79 Å². The summed E-state index contributed by atoms with van der Waals surface area (Å²) in [5.41, 5.74) is 0.651. The van der Waals surface area contributed by atoms with Crippen molar-refractivity contribution in [1.82, 2.24) is 5.32 Å². The summed E-state index contributed by atoms with van der Waals surface area (Å²) in [6.45, 7) is 1.40. The standard InChI is InChI=1S/C10H11IN2O3/c1-6(9(14)15)12-10(16)13-8-5-3-2-4-7(8)11/h2-6H,1H3,(H,14,15)(H2,12,13,16)/t6-/m0/s1. The lowest BCUT2D eigenvalue weighted by molar-refractivity contribution is -0.138. The first-order valence-corrected chi connectivity index (χ1v) is 5.63. The molecule has 1 rings (SSSR count). The molecule has 16 heavy (non-hydrogen) atoms. The molecule has 0 radical (unpaired) electrons. The summed E-state index contributed by atoms with van der Waals surface area (Å²) in [4.78, 5) is 21.9. The molecule has 0 aliphatic carbocycles. The van der Waals surface area contributed by atoms with Gasteiger partial charge in [0, 0.05) is 3.57 Å². The van der Waals surface area contributed by atoms with E-state index in [0.717, 1.165) is 3.57 Å². The number of halogens is 1. The van der Waals surface area contributed by atoms with Crippen LogP contribution in [0.2, 0.25) is 0 Å². The lowest BCUT2D eigenvalue weighted by atomic mass is 10.3. The zero-order valence-corrected chi connectivity index (χ0v) is 10.7. The topological polar surface area (TPSA) is 78.4 Å². The Balaban J connectivity index is 2.59. The highest BCUT2D eigenvalue weighted by Crippen LogP contribution is 2.16. The molecule has 1 atom stereocenters. The van der Waals surface area contributed by atoms with Gasteiger partial charge in [-0.15, -0.1) is 0 Å². The summed E-state index contributed by atoms with van der Waals surface area (Å²) >= 11 is 2.08. The minimum Gasteiger partial charge on any atom is -0.480 e. The molecule has 2 amide bonds. The van der Waals surface area contributed by atoms with Crippen LogP contribution in [-0.4, -0.2) is 23.1 Å². The number of hydrogen-bond donors (Lipinski definition) is 3. The van der Waals surface area contributed by atoms with E-state index < -0.39 is 18.0 Å². The van der Waals surface area contributed by atoms with Crippen molar-refractivity contribution in [2.45, 2.75) is 13.0 Å². The second kappa shape index (κ2) is 5.69. The molecule has 3 N–H and O–H groups in total. The first kappa shape index (κ1) is 12.8. The molecule has 5 nitrogen and oxygen atoms in total. The number of aliphatic carboxylic acids is 1. The van der Waals surface area contributed by atoms with E-state index in [1.807, 2.05) is 12.1 Å². The summed E-state index contributed by atoms with van der Waals surface area (Å²) in [5, 5.41) is 13.5. The van der Waals surface area contributed by atoms with E-state index in [1.165, 1.54) is 6.92 Å². The maximum absolute atomic E-state index is 11.4. The van der Waals surface area contributed by atoms with Crippen LogP contribution in [0.3, 0.4) is 0 Å². The second-order valence-corrected chi connectivity index (χ2v) is 4.30. The molecule has 0 aliphatic heterocycles. The van der Waals surface area contributed by atoms with E-state index in [9.17, 15) is 9.59 Å². The number of carbonyl (C=O) groups excluding carboxylic acids is 1. The normalized spacial score (nSPS) is 11.6. The number of urea groups is 1. The van der Waals surface area contributed by atoms with Gasteiger partial charge in [0.25, 0.3) is 0 Å². The minimum atomic E-state index is -1.07. The predicted molar refractivity (Wildman–Crippen MR) is 68.4 cm³/mol. The molecular weight excluding hydrogens is 323 g/mol. The lowest BCUT2D eigenvalue weighted by Gasteiger charge is -2.11. The summed E-state index contributed by atoms with van der Waals surface area (Å²) < 4.78 is 0.887. The molecule has 1 aromatic rings. The molecule has 86 valence electrons. The molecule has 0 saturated heterocycles. The van der Waals surface area contributed by atoms with Crippen LogP contribution < -0.4 is 10.6 Å². The number of para-hydroxylation sites is 1. The van der Waals surface area contributed by atoms with Gasteiger partial charge in [0.1, 0.15) is 6.04 Å². The Morgan fingerprint density at radius 3 is 2.56 bits per heavy atom. The highest BCUT2D eigenvalue weighted by atomic mass is 127. The fourth-order valence-electron chi connectivity index (χ4n) is 0.979. The van der Waals surface area contributed by atoms with E-state index in [4.69, 9.17) is 5.11 Å². The number of carboxylic acid groups (broad SMARTS) is 1. The quantitative estimate of drug-likeness (QED) is 0.739. The molecule has 0 spiro atoms. The van der Waals surface area contributed by atoms with Crippen LogP contribution in [0.15, 0.2) is 24.3 Å². The van der Waals surface area contributed by atoms with Crippen LogP contribution in [0.4, 0.5) is 10.5 Å². The fourth-order valence-corrected chi connectivity index (χ4v) is 1.50. The number of carbonyl (C=O) groups is 2. The van der Waals surface area contributed by atoms with Gasteiger partial charge in [0.15, 0.2) is 0 Å². The van der Waals surface area contributed by atoms with Crippen molar-refractivity contribution in [3.63, 3.8) is 0 Å². The molecule has 0 unspecified atom stereocenters. The van der Waals surface area contributed by atoms with Gasteiger partial charge in [-0.05, 0) is 41.6 Å². The van der Waals surface area contributed by atoms with Crippen molar-refractivity contribution < 1.29 is 14.7 Å². The average Bonchev–Trinajstić information content (AvgIpc) is 2.21. The van der Waals surface area contributed by atoms with Crippen molar-refractivity contribution in [2.75, 3.05) is 5.32 Å². The van der Waals surface area contributed by atoms with Gasteiger partial charge in [0.05, 0.1) is 5.69 Å². The Morgan fingerprint density at radius 1 is 1.38 bits per heavy atom. The summed E-state index contributed by atoms with van der Waals surface area (Å²) in [6.07, 6.45) is 0. The average molecular weight is 334 g/mol. The number of carboxylic acids is 1. The van der Waals surface area contributed by atoms with Gasteiger partial charge < -0.3 is 15.7 Å². The van der Waals surface area contributed by atoms with Gasteiger partial charge in [-0.3, -0.25) is 4.79 Å². The van der Waals surface area contributed by atoms with E-state index in [2.05, 4.69) is 33.2 Å². The van der Waals surface area contributed by atoms with Crippen LogP contribution >= 0.6 is 22.6 Å². The molecule has 0 aliphatic rings. The maximum Gasteiger partial charge on any atom is 0.325 e. The lowest BCUT2D eigenvalue weighted by Crippen LogP contribution is -2.40. The molecule has 0 aromatic heterocycles. The first-order valence-electron chi connectivity index (χ1n) is 4.55. The Labute approximate surface area is 106 Å². The van der Waals surface area contributed by atoms with Crippen LogP contribution in [0.1, 0.15) is 6.92 Å². The third kappa shape index (κ3) is 3.69. The molecule has 0 bridgehead atoms. The smallest absolute Gasteiger partial charge is 0.325 e. The van der Waals surface area contributed by atoms with Gasteiger partial charge in [-0.1, -0.05) is 12.1 Å². The Morgan fingerprint density at radius 2 is 2.00 bits per heavy atom. The van der Waals surface area contributed by atoms with Crippen molar-refractivity contribution in [3.05, 3.63) is 27.8 Å². The third-order valence-corrected chi connectivity index (χ3v) is 2.78. The Hall–Kier alpha value is -1.31. The number of rotatable bonds is 3. The molecule has 1 aromatic carbocycles. The highest BCUT2D eigenvalue weighted by molar-refractivity contribution is 14.1. The molecule has 0 fully saturated rings. The van der Waals surface area contributed by atoms with E-state index in [-0.39, 0.29) is 0 Å². The Bertz CT molecular complexity index is 409. The number of amides is 2. The van der Waals surface area contributed by atoms with E-state index in [0.29, 0.717) is 5.69 Å². The maximum atomic E-state index is 11.4. The Kier molecular flexibility index (Phi) is 4.53. The molecule has 6 heteroatoms. The molecule has 0 heterocycles. The van der Waals surface area contributed by atoms with Gasteiger partial charge in [-0.2, -0.15) is 0 Å². The van der Waals surface area contributed by atoms with Crippen molar-refractivity contribution in [2.24, 2.45) is 0 Å². The van der Waals surface area contributed by atoms with E-state index >= 15 is 0 Å². The SMILES string of the molecule is C[C@H](NC(=O)Nc1ccccc1I)C(=O)O. The monoisotopic (exact) mass is 334 g/mol. The predicted octanol–water partition coefficient (Wildman–Crippen LogP) is 1.89. The summed E-state index contributed by atoms with van der Waals surface area (Å²) in [7, 11) is 0. The van der Waals surface area contributed by atoms with Crippen LogP contribution in [0.5, 0.6) is 0 Å². The first-order chi connectivity index (χ1) is 7.50. The number of nitrogens with one attached hydrogen (secondary N) is 2. The number of anilines is 1. The number of benzene rings is 1. The van der Waals surface area contributed by atoms with Gasteiger partial charge in [0.2, 0.25) is 0 Å². The zero-order chi connectivity index (χ0) is 12.1. The van der Waals surface area contributed by atoms with Crippen LogP contribution in [0.25, 0.3) is 0 Å². The number of hydrogen-bond acceptors (Lipinski definition) is 2. The van der Waals surface area contributed by atoms with Crippen molar-refractivity contribution >= 4 is 40.3 Å². The second-order valence-electron chi connectivity index (χ2n) is 3.14. The van der Waals surface area contributed by atoms with Crippen molar-refractivity contribution in [1.29, 1.82) is 0 Å².